The van der Waals surface area contributed by atoms with Crippen LogP contribution >= 0.6 is 0 Å². The van der Waals surface area contributed by atoms with Gasteiger partial charge in [-0.15, -0.1) is 0 Å². The van der Waals surface area contributed by atoms with Crippen LogP contribution in [0.15, 0.2) is 85.5 Å². The average molecular weight is 367 g/mol. The van der Waals surface area contributed by atoms with Crippen LogP contribution in [0.3, 0.4) is 0 Å². The van der Waals surface area contributed by atoms with Crippen molar-refractivity contribution in [1.29, 1.82) is 0 Å². The molecule has 3 rings (SSSR count). The van der Waals surface area contributed by atoms with Crippen molar-refractivity contribution in [1.82, 2.24) is 9.55 Å². The molecule has 0 saturated heterocycles. The second kappa shape index (κ2) is 15.9. The van der Waals surface area contributed by atoms with Gasteiger partial charge in [-0.05, 0) is 55.5 Å². The number of hydrogen-bond acceptors (Lipinski definition) is 1. The first-order valence-corrected chi connectivity index (χ1v) is 9.87. The standard InChI is InChI=1S/C9H12.C7H11N.C5H5N.C4H10/c1-8(2)9-6-4-3-5-7-9;1-7(2)8-5-3-4-6-8;1-2-4-6-5-3-1;1-4(2)3/h3-8H,1-2H3;3-7H,1-2H3;1-5H;4H,1-3H3. The molecule has 0 atom stereocenters. The van der Waals surface area contributed by atoms with E-state index in [1.54, 1.807) is 12.4 Å². The third kappa shape index (κ3) is 15.6. The minimum absolute atomic E-state index is 0.602. The van der Waals surface area contributed by atoms with Crippen molar-refractivity contribution >= 4 is 0 Å². The lowest BCUT2D eigenvalue weighted by Gasteiger charge is -2.03. The Morgan fingerprint density at radius 2 is 1.07 bits per heavy atom. The molecule has 148 valence electrons. The van der Waals surface area contributed by atoms with Crippen molar-refractivity contribution in [3.05, 3.63) is 91.0 Å². The Balaban J connectivity index is 0.000000348. The lowest BCUT2D eigenvalue weighted by molar-refractivity contribution is 0.604. The third-order valence-corrected chi connectivity index (χ3v) is 3.26. The number of benzene rings is 1. The van der Waals surface area contributed by atoms with E-state index in [0.29, 0.717) is 12.0 Å². The maximum absolute atomic E-state index is 3.78. The van der Waals surface area contributed by atoms with Crippen molar-refractivity contribution in [2.45, 2.75) is 60.4 Å². The lowest BCUT2D eigenvalue weighted by Crippen LogP contribution is -1.94. The Hall–Kier alpha value is -2.35. The fourth-order valence-electron chi connectivity index (χ4n) is 1.84. The minimum atomic E-state index is 0.602. The predicted molar refractivity (Wildman–Crippen MR) is 120 cm³/mol. The number of pyridine rings is 1. The van der Waals surface area contributed by atoms with Crippen molar-refractivity contribution in [2.75, 3.05) is 0 Å². The van der Waals surface area contributed by atoms with E-state index in [1.807, 2.05) is 36.4 Å². The second-order valence-corrected chi connectivity index (χ2v) is 7.55. The highest BCUT2D eigenvalue weighted by atomic mass is 15.0. The van der Waals surface area contributed by atoms with Crippen LogP contribution in [-0.4, -0.2) is 9.55 Å². The highest BCUT2D eigenvalue weighted by molar-refractivity contribution is 5.17. The van der Waals surface area contributed by atoms with E-state index in [2.05, 4.69) is 94.7 Å². The molecule has 3 aromatic rings. The molecule has 2 nitrogen and oxygen atoms in total. The maximum atomic E-state index is 3.78. The van der Waals surface area contributed by atoms with E-state index in [1.165, 1.54) is 5.56 Å². The Morgan fingerprint density at radius 3 is 1.30 bits per heavy atom. The molecule has 1 aromatic carbocycles. The summed E-state index contributed by atoms with van der Waals surface area (Å²) < 4.78 is 2.17. The summed E-state index contributed by atoms with van der Waals surface area (Å²) in [7, 11) is 0. The Morgan fingerprint density at radius 1 is 0.630 bits per heavy atom. The highest BCUT2D eigenvalue weighted by Gasteiger charge is 1.93. The molecule has 0 aliphatic heterocycles. The van der Waals surface area contributed by atoms with Crippen LogP contribution in [0.4, 0.5) is 0 Å². The molecule has 2 heteroatoms. The van der Waals surface area contributed by atoms with E-state index in [0.717, 1.165) is 5.92 Å². The first-order valence-electron chi connectivity index (χ1n) is 9.87. The zero-order valence-electron chi connectivity index (χ0n) is 18.2. The molecule has 2 aromatic heterocycles. The van der Waals surface area contributed by atoms with E-state index in [-0.39, 0.29) is 0 Å². The van der Waals surface area contributed by atoms with Crippen LogP contribution in [0.1, 0.15) is 66.0 Å². The third-order valence-electron chi connectivity index (χ3n) is 3.26. The summed E-state index contributed by atoms with van der Waals surface area (Å²) >= 11 is 0. The number of hydrogen-bond donors (Lipinski definition) is 0. The molecular weight excluding hydrogens is 328 g/mol. The summed E-state index contributed by atoms with van der Waals surface area (Å²) in [5.74, 6) is 1.49. The Labute approximate surface area is 167 Å². The molecule has 0 aliphatic rings. The number of rotatable bonds is 2. The summed E-state index contributed by atoms with van der Waals surface area (Å²) in [4.78, 5) is 3.78. The summed E-state index contributed by atoms with van der Waals surface area (Å²) in [5.41, 5.74) is 1.41. The molecule has 0 spiro atoms. The smallest absolute Gasteiger partial charge is 0.0274 e. The predicted octanol–water partition coefficient (Wildman–Crippen LogP) is 7.62. The summed E-state index contributed by atoms with van der Waals surface area (Å²) in [6, 6.07) is 20.9. The Kier molecular flexibility index (Phi) is 14.5. The van der Waals surface area contributed by atoms with Gasteiger partial charge in [0.1, 0.15) is 0 Å². The fraction of sp³-hybridized carbons (Fsp3) is 0.400. The van der Waals surface area contributed by atoms with Crippen LogP contribution in [0.2, 0.25) is 0 Å². The van der Waals surface area contributed by atoms with Gasteiger partial charge >= 0.3 is 0 Å². The largest absolute Gasteiger partial charge is 0.352 e. The average Bonchev–Trinajstić information content (AvgIpc) is 3.20. The first-order chi connectivity index (χ1) is 12.8. The second-order valence-electron chi connectivity index (χ2n) is 7.55. The van der Waals surface area contributed by atoms with Gasteiger partial charge in [-0.25, -0.2) is 0 Å². The molecule has 2 heterocycles. The van der Waals surface area contributed by atoms with Crippen LogP contribution in [0.5, 0.6) is 0 Å². The molecule has 0 amide bonds. The van der Waals surface area contributed by atoms with Gasteiger partial charge in [0.15, 0.2) is 0 Å². The van der Waals surface area contributed by atoms with E-state index < -0.39 is 0 Å². The maximum Gasteiger partial charge on any atom is 0.0274 e. The van der Waals surface area contributed by atoms with E-state index in [4.69, 9.17) is 0 Å². The van der Waals surface area contributed by atoms with Gasteiger partial charge in [-0.1, -0.05) is 71.0 Å². The SMILES string of the molecule is CC(C)C.CC(C)c1ccccc1.CC(C)n1cccc1.c1ccncc1. The monoisotopic (exact) mass is 366 g/mol. The van der Waals surface area contributed by atoms with Crippen molar-refractivity contribution in [3.63, 3.8) is 0 Å². The van der Waals surface area contributed by atoms with Gasteiger partial charge in [0.25, 0.3) is 0 Å². The van der Waals surface area contributed by atoms with Crippen LogP contribution in [0.25, 0.3) is 0 Å². The van der Waals surface area contributed by atoms with Crippen molar-refractivity contribution in [2.24, 2.45) is 5.92 Å². The van der Waals surface area contributed by atoms with E-state index >= 15 is 0 Å². The molecule has 0 aliphatic carbocycles. The van der Waals surface area contributed by atoms with Gasteiger partial charge < -0.3 is 4.57 Å². The molecule has 0 bridgehead atoms. The highest BCUT2D eigenvalue weighted by Crippen LogP contribution is 2.11. The van der Waals surface area contributed by atoms with Crippen LogP contribution in [-0.2, 0) is 0 Å². The quantitative estimate of drug-likeness (QED) is 0.456. The first kappa shape index (κ1) is 24.7. The molecule has 0 unspecified atom stereocenters. The normalized spacial score (nSPS) is 9.56. The Bertz CT molecular complexity index is 597. The van der Waals surface area contributed by atoms with Crippen molar-refractivity contribution < 1.29 is 0 Å². The zero-order valence-corrected chi connectivity index (χ0v) is 18.2. The minimum Gasteiger partial charge on any atom is -0.352 e. The van der Waals surface area contributed by atoms with E-state index in [9.17, 15) is 0 Å². The van der Waals surface area contributed by atoms with Crippen LogP contribution < -0.4 is 0 Å². The van der Waals surface area contributed by atoms with Crippen molar-refractivity contribution in [3.8, 4) is 0 Å². The summed E-state index contributed by atoms with van der Waals surface area (Å²) in [5, 5.41) is 0. The van der Waals surface area contributed by atoms with Gasteiger partial charge in [0, 0.05) is 30.8 Å². The zero-order chi connectivity index (χ0) is 20.5. The molecule has 0 saturated carbocycles. The molecule has 0 radical (unpaired) electrons. The molecular formula is C25H38N2. The molecule has 0 N–H and O–H groups in total. The molecule has 0 fully saturated rings. The fourth-order valence-corrected chi connectivity index (χ4v) is 1.84. The van der Waals surface area contributed by atoms with Crippen LogP contribution in [0, 0.1) is 5.92 Å². The number of aromatic nitrogens is 2. The van der Waals surface area contributed by atoms with Gasteiger partial charge in [-0.3, -0.25) is 4.98 Å². The summed E-state index contributed by atoms with van der Waals surface area (Å²) in [6.07, 6.45) is 7.65. The molecule has 27 heavy (non-hydrogen) atoms. The summed E-state index contributed by atoms with van der Waals surface area (Å²) in [6.45, 7) is 15.2. The van der Waals surface area contributed by atoms with Gasteiger partial charge in [-0.2, -0.15) is 0 Å². The van der Waals surface area contributed by atoms with Gasteiger partial charge in [0.2, 0.25) is 0 Å². The topological polar surface area (TPSA) is 17.8 Å². The lowest BCUT2D eigenvalue weighted by atomic mass is 10.0. The number of nitrogens with zero attached hydrogens (tertiary/aromatic N) is 2. The van der Waals surface area contributed by atoms with Gasteiger partial charge in [0.05, 0.1) is 0 Å².